The minimum atomic E-state index is -0.903. The van der Waals surface area contributed by atoms with Gasteiger partial charge < -0.3 is 9.84 Å². The summed E-state index contributed by atoms with van der Waals surface area (Å²) >= 11 is 3.39. The predicted molar refractivity (Wildman–Crippen MR) is 85.9 cm³/mol. The largest absolute Gasteiger partial charge is 0.444 e. The predicted octanol–water partition coefficient (Wildman–Crippen LogP) is 2.82. The highest BCUT2D eigenvalue weighted by Gasteiger charge is 2.46. The number of likely N-dealkylation sites (tertiary alicyclic amines) is 1. The van der Waals surface area contributed by atoms with Crippen LogP contribution in [-0.4, -0.2) is 29.6 Å². The molecule has 22 heavy (non-hydrogen) atoms. The zero-order chi connectivity index (χ0) is 15.6. The average molecular weight is 362 g/mol. The molecule has 1 saturated heterocycles. The molecule has 1 N–H and O–H groups in total. The molecule has 0 radical (unpaired) electrons. The maximum atomic E-state index is 10.8. The molecule has 1 aliphatic heterocycles. The second-order valence-corrected chi connectivity index (χ2v) is 6.35. The van der Waals surface area contributed by atoms with Crippen LogP contribution in [0, 0.1) is 0 Å². The Morgan fingerprint density at radius 3 is 2.36 bits per heavy atom. The normalized spacial score (nSPS) is 18.3. The van der Waals surface area contributed by atoms with Gasteiger partial charge in [0.25, 0.3) is 6.47 Å². The third-order valence-corrected chi connectivity index (χ3v) is 4.44. The topological polar surface area (TPSA) is 49.8 Å². The summed E-state index contributed by atoms with van der Waals surface area (Å²) < 4.78 is 6.18. The van der Waals surface area contributed by atoms with E-state index in [4.69, 9.17) is 4.74 Å². The highest BCUT2D eigenvalue weighted by Crippen LogP contribution is 2.38. The van der Waals surface area contributed by atoms with Crippen LogP contribution in [0.5, 0.6) is 0 Å². The molecule has 0 saturated carbocycles. The maximum absolute atomic E-state index is 10.8. The summed E-state index contributed by atoms with van der Waals surface area (Å²) in [6.45, 7) is 1.29. The van der Waals surface area contributed by atoms with Crippen molar-refractivity contribution in [1.82, 2.24) is 4.90 Å². The molecular formula is C17H16BrNO3. The van der Waals surface area contributed by atoms with Gasteiger partial charge in [0.2, 0.25) is 0 Å². The minimum absolute atomic E-state index is 0.419. The number of rotatable bonds is 5. The zero-order valence-electron chi connectivity index (χ0n) is 11.9. The number of hydrogen-bond donors (Lipinski definition) is 1. The van der Waals surface area contributed by atoms with Gasteiger partial charge in [-0.1, -0.05) is 58.4 Å². The van der Waals surface area contributed by atoms with Crippen LogP contribution in [0.2, 0.25) is 0 Å². The Labute approximate surface area is 137 Å². The van der Waals surface area contributed by atoms with Crippen molar-refractivity contribution < 1.29 is 14.6 Å². The van der Waals surface area contributed by atoms with E-state index >= 15 is 0 Å². The van der Waals surface area contributed by atoms with Crippen LogP contribution < -0.4 is 0 Å². The molecule has 4 nitrogen and oxygen atoms in total. The number of ether oxygens (including phenoxy) is 1. The molecule has 2 aromatic rings. The first-order valence-electron chi connectivity index (χ1n) is 6.99. The molecule has 1 atom stereocenters. The third kappa shape index (κ3) is 2.92. The monoisotopic (exact) mass is 361 g/mol. The number of nitrogens with zero attached hydrogens (tertiary/aromatic N) is 1. The Morgan fingerprint density at radius 1 is 1.14 bits per heavy atom. The second kappa shape index (κ2) is 6.20. The van der Waals surface area contributed by atoms with Gasteiger partial charge in [0.1, 0.15) is 5.60 Å². The van der Waals surface area contributed by atoms with Gasteiger partial charge in [0.05, 0.1) is 0 Å². The van der Waals surface area contributed by atoms with E-state index in [9.17, 15) is 9.90 Å². The van der Waals surface area contributed by atoms with Crippen molar-refractivity contribution in [2.45, 2.75) is 11.8 Å². The fourth-order valence-electron chi connectivity index (χ4n) is 2.78. The Hall–Kier alpha value is -1.69. The summed E-state index contributed by atoms with van der Waals surface area (Å²) in [5.41, 5.74) is 0.859. The number of halogens is 1. The van der Waals surface area contributed by atoms with Gasteiger partial charge in [-0.15, -0.1) is 0 Å². The summed E-state index contributed by atoms with van der Waals surface area (Å²) in [4.78, 5) is 12.7. The SMILES string of the molecule is O=COC(c1ccccc1)N1CC(O)(c2ccc(Br)cc2)C1. The molecule has 114 valence electrons. The van der Waals surface area contributed by atoms with Crippen LogP contribution in [0.3, 0.4) is 0 Å². The molecule has 0 aliphatic carbocycles. The number of β-amino-alcohol motifs (C(OH)–C–C–N with tert-alkyl or cyclic N) is 1. The third-order valence-electron chi connectivity index (χ3n) is 3.91. The first-order valence-corrected chi connectivity index (χ1v) is 7.78. The highest BCUT2D eigenvalue weighted by atomic mass is 79.9. The second-order valence-electron chi connectivity index (χ2n) is 5.44. The minimum Gasteiger partial charge on any atom is -0.444 e. The van der Waals surface area contributed by atoms with Crippen LogP contribution in [0.4, 0.5) is 0 Å². The van der Waals surface area contributed by atoms with Crippen molar-refractivity contribution >= 4 is 22.4 Å². The van der Waals surface area contributed by atoms with Crippen molar-refractivity contribution in [1.29, 1.82) is 0 Å². The van der Waals surface area contributed by atoms with Crippen molar-refractivity contribution in [2.24, 2.45) is 0 Å². The molecule has 0 bridgehead atoms. The standard InChI is InChI=1S/C17H16BrNO3/c18-15-8-6-14(7-9-15)17(21)10-19(11-17)16(22-12-20)13-4-2-1-3-5-13/h1-9,12,16,21H,10-11H2. The molecule has 3 rings (SSSR count). The average Bonchev–Trinajstić information content (AvgIpc) is 2.51. The van der Waals surface area contributed by atoms with Gasteiger partial charge in [-0.2, -0.15) is 0 Å². The Balaban J connectivity index is 1.75. The summed E-state index contributed by atoms with van der Waals surface area (Å²) in [6.07, 6.45) is -0.463. The van der Waals surface area contributed by atoms with Gasteiger partial charge in [-0.05, 0) is 17.7 Å². The zero-order valence-corrected chi connectivity index (χ0v) is 13.4. The maximum Gasteiger partial charge on any atom is 0.294 e. The molecule has 0 spiro atoms. The molecule has 5 heteroatoms. The van der Waals surface area contributed by atoms with Crippen LogP contribution in [0.15, 0.2) is 59.1 Å². The van der Waals surface area contributed by atoms with E-state index in [1.54, 1.807) is 0 Å². The molecule has 1 unspecified atom stereocenters. The molecule has 1 heterocycles. The van der Waals surface area contributed by atoms with Crippen LogP contribution in [0.1, 0.15) is 17.4 Å². The number of carbonyl (C=O) groups excluding carboxylic acids is 1. The number of carbonyl (C=O) groups is 1. The van der Waals surface area contributed by atoms with E-state index in [0.29, 0.717) is 19.6 Å². The Morgan fingerprint density at radius 2 is 1.77 bits per heavy atom. The Kier molecular flexibility index (Phi) is 4.29. The lowest BCUT2D eigenvalue weighted by atomic mass is 9.85. The van der Waals surface area contributed by atoms with Gasteiger partial charge in [-0.3, -0.25) is 9.69 Å². The van der Waals surface area contributed by atoms with Crippen molar-refractivity contribution in [3.8, 4) is 0 Å². The quantitative estimate of drug-likeness (QED) is 0.832. The van der Waals surface area contributed by atoms with Crippen molar-refractivity contribution in [3.63, 3.8) is 0 Å². The lowest BCUT2D eigenvalue weighted by Gasteiger charge is -2.49. The smallest absolute Gasteiger partial charge is 0.294 e. The van der Waals surface area contributed by atoms with Gasteiger partial charge >= 0.3 is 0 Å². The fraction of sp³-hybridized carbons (Fsp3) is 0.235. The number of aliphatic hydroxyl groups is 1. The van der Waals surface area contributed by atoms with E-state index in [2.05, 4.69) is 15.9 Å². The van der Waals surface area contributed by atoms with E-state index in [0.717, 1.165) is 15.6 Å². The van der Waals surface area contributed by atoms with Gasteiger partial charge in [0.15, 0.2) is 6.23 Å². The summed E-state index contributed by atoms with van der Waals surface area (Å²) in [7, 11) is 0. The van der Waals surface area contributed by atoms with Crippen LogP contribution in [-0.2, 0) is 15.1 Å². The molecule has 2 aromatic carbocycles. The van der Waals surface area contributed by atoms with Crippen LogP contribution in [0.25, 0.3) is 0 Å². The van der Waals surface area contributed by atoms with E-state index in [1.807, 2.05) is 59.5 Å². The number of hydrogen-bond acceptors (Lipinski definition) is 4. The van der Waals surface area contributed by atoms with Gasteiger partial charge in [-0.25, -0.2) is 0 Å². The van der Waals surface area contributed by atoms with Crippen molar-refractivity contribution in [2.75, 3.05) is 13.1 Å². The summed E-state index contributed by atoms with van der Waals surface area (Å²) in [5.74, 6) is 0. The lowest BCUT2D eigenvalue weighted by Crippen LogP contribution is -2.60. The first-order chi connectivity index (χ1) is 10.6. The highest BCUT2D eigenvalue weighted by molar-refractivity contribution is 9.10. The molecule has 1 aliphatic rings. The molecule has 0 aromatic heterocycles. The van der Waals surface area contributed by atoms with E-state index < -0.39 is 11.8 Å². The fourth-order valence-corrected chi connectivity index (χ4v) is 3.04. The van der Waals surface area contributed by atoms with E-state index in [1.165, 1.54) is 0 Å². The summed E-state index contributed by atoms with van der Waals surface area (Å²) in [5, 5.41) is 10.7. The first kappa shape index (κ1) is 15.2. The van der Waals surface area contributed by atoms with Crippen molar-refractivity contribution in [3.05, 3.63) is 70.2 Å². The lowest BCUT2D eigenvalue weighted by molar-refractivity contribution is -0.186. The van der Waals surface area contributed by atoms with Crippen LogP contribution >= 0.6 is 15.9 Å². The molecular weight excluding hydrogens is 346 g/mol. The van der Waals surface area contributed by atoms with E-state index in [-0.39, 0.29) is 0 Å². The van der Waals surface area contributed by atoms with Gasteiger partial charge in [0, 0.05) is 23.1 Å². The Bertz CT molecular complexity index is 639. The number of benzene rings is 2. The molecule has 1 fully saturated rings. The molecule has 0 amide bonds. The summed E-state index contributed by atoms with van der Waals surface area (Å²) in [6, 6.07) is 17.2.